The predicted octanol–water partition coefficient (Wildman–Crippen LogP) is 1.39. The van der Waals surface area contributed by atoms with E-state index < -0.39 is 0 Å². The Hall–Kier alpha value is -0.610. The summed E-state index contributed by atoms with van der Waals surface area (Å²) in [5, 5.41) is 11.8. The van der Waals surface area contributed by atoms with Gasteiger partial charge in [0.25, 0.3) is 0 Å². The molecule has 4 nitrogen and oxygen atoms in total. The lowest BCUT2D eigenvalue weighted by Crippen LogP contribution is -2.39. The molecule has 0 aromatic heterocycles. The highest BCUT2D eigenvalue weighted by atomic mass is 16.3. The Balaban J connectivity index is 2.08. The fourth-order valence-electron chi connectivity index (χ4n) is 2.64. The van der Waals surface area contributed by atoms with Crippen LogP contribution in [0.25, 0.3) is 0 Å². The van der Waals surface area contributed by atoms with Crippen molar-refractivity contribution in [1.82, 2.24) is 10.2 Å². The molecule has 0 aromatic carbocycles. The van der Waals surface area contributed by atoms with Gasteiger partial charge in [-0.15, -0.1) is 0 Å². The molecule has 1 fully saturated rings. The van der Waals surface area contributed by atoms with E-state index >= 15 is 0 Å². The van der Waals surface area contributed by atoms with Crippen molar-refractivity contribution < 1.29 is 9.90 Å². The summed E-state index contributed by atoms with van der Waals surface area (Å²) in [5.74, 6) is 0.903. The second kappa shape index (κ2) is 9.34. The molecule has 4 heteroatoms. The summed E-state index contributed by atoms with van der Waals surface area (Å²) in [7, 11) is 0. The Kier molecular flexibility index (Phi) is 8.01. The fraction of sp³-hybridized carbons (Fsp3) is 0.929. The Bertz CT molecular complexity index is 228. The van der Waals surface area contributed by atoms with E-state index in [4.69, 9.17) is 5.11 Å². The number of hydrogen-bond acceptors (Lipinski definition) is 3. The van der Waals surface area contributed by atoms with E-state index in [-0.39, 0.29) is 12.5 Å². The summed E-state index contributed by atoms with van der Waals surface area (Å²) in [6, 6.07) is 0. The molecule has 0 aliphatic heterocycles. The van der Waals surface area contributed by atoms with Crippen LogP contribution in [0.5, 0.6) is 0 Å². The molecular formula is C14H28N2O2. The molecule has 1 amide bonds. The highest BCUT2D eigenvalue weighted by Crippen LogP contribution is 2.25. The largest absolute Gasteiger partial charge is 0.395 e. The van der Waals surface area contributed by atoms with Gasteiger partial charge in [-0.25, -0.2) is 0 Å². The van der Waals surface area contributed by atoms with Crippen molar-refractivity contribution in [1.29, 1.82) is 0 Å². The molecule has 1 saturated carbocycles. The van der Waals surface area contributed by atoms with Gasteiger partial charge in [-0.1, -0.05) is 39.0 Å². The molecule has 2 N–H and O–H groups in total. The van der Waals surface area contributed by atoms with Crippen LogP contribution in [0.3, 0.4) is 0 Å². The van der Waals surface area contributed by atoms with Crippen LogP contribution < -0.4 is 5.32 Å². The number of hydrogen-bond donors (Lipinski definition) is 2. The molecule has 18 heavy (non-hydrogen) atoms. The third-order valence-corrected chi connectivity index (χ3v) is 3.83. The highest BCUT2D eigenvalue weighted by molar-refractivity contribution is 5.77. The monoisotopic (exact) mass is 256 g/mol. The number of nitrogens with one attached hydrogen (secondary N) is 1. The summed E-state index contributed by atoms with van der Waals surface area (Å²) < 4.78 is 0. The first kappa shape index (κ1) is 15.4. The molecule has 0 unspecified atom stereocenters. The van der Waals surface area contributed by atoms with Crippen LogP contribution in [0, 0.1) is 5.92 Å². The quantitative estimate of drug-likeness (QED) is 0.690. The number of rotatable bonds is 8. The number of aliphatic hydroxyl groups is 1. The van der Waals surface area contributed by atoms with E-state index in [0.29, 0.717) is 13.1 Å². The van der Waals surface area contributed by atoms with Crippen molar-refractivity contribution in [3.63, 3.8) is 0 Å². The maximum Gasteiger partial charge on any atom is 0.234 e. The molecule has 0 bridgehead atoms. The zero-order valence-corrected chi connectivity index (χ0v) is 11.7. The van der Waals surface area contributed by atoms with Gasteiger partial charge >= 0.3 is 0 Å². The standard InChI is InChI=1S/C14H28N2O2/c1-2-16(10-11-17)12-14(18)15-9-8-13-6-4-3-5-7-13/h13,17H,2-12H2,1H3,(H,15,18). The van der Waals surface area contributed by atoms with E-state index in [9.17, 15) is 4.79 Å². The Labute approximate surface area is 111 Å². The van der Waals surface area contributed by atoms with Crippen LogP contribution in [0.15, 0.2) is 0 Å². The van der Waals surface area contributed by atoms with Crippen molar-refractivity contribution in [3.8, 4) is 0 Å². The van der Waals surface area contributed by atoms with Crippen LogP contribution in [-0.2, 0) is 4.79 Å². The minimum absolute atomic E-state index is 0.0844. The van der Waals surface area contributed by atoms with Gasteiger partial charge in [-0.05, 0) is 18.9 Å². The van der Waals surface area contributed by atoms with Gasteiger partial charge < -0.3 is 10.4 Å². The van der Waals surface area contributed by atoms with E-state index in [0.717, 1.165) is 25.4 Å². The summed E-state index contributed by atoms with van der Waals surface area (Å²) >= 11 is 0. The van der Waals surface area contributed by atoms with Gasteiger partial charge in [0.15, 0.2) is 0 Å². The van der Waals surface area contributed by atoms with Crippen molar-refractivity contribution in [2.24, 2.45) is 5.92 Å². The maximum absolute atomic E-state index is 11.7. The van der Waals surface area contributed by atoms with E-state index in [1.807, 2.05) is 11.8 Å². The number of nitrogens with zero attached hydrogens (tertiary/aromatic N) is 1. The van der Waals surface area contributed by atoms with Crippen molar-refractivity contribution in [2.75, 3.05) is 32.8 Å². The highest BCUT2D eigenvalue weighted by Gasteiger charge is 2.13. The molecule has 0 atom stereocenters. The van der Waals surface area contributed by atoms with E-state index in [2.05, 4.69) is 5.32 Å². The first-order valence-electron chi connectivity index (χ1n) is 7.36. The van der Waals surface area contributed by atoms with Crippen molar-refractivity contribution in [2.45, 2.75) is 45.4 Å². The van der Waals surface area contributed by atoms with E-state index in [1.54, 1.807) is 0 Å². The number of aliphatic hydroxyl groups excluding tert-OH is 1. The Morgan fingerprint density at radius 1 is 1.33 bits per heavy atom. The summed E-state index contributed by atoms with van der Waals surface area (Å²) in [5.41, 5.74) is 0. The second-order valence-corrected chi connectivity index (χ2v) is 5.24. The zero-order chi connectivity index (χ0) is 13.2. The van der Waals surface area contributed by atoms with Gasteiger partial charge in [-0.2, -0.15) is 0 Å². The summed E-state index contributed by atoms with van der Waals surface area (Å²) in [6.45, 7) is 4.71. The van der Waals surface area contributed by atoms with Gasteiger partial charge in [0, 0.05) is 13.1 Å². The first-order valence-corrected chi connectivity index (χ1v) is 7.36. The third-order valence-electron chi connectivity index (χ3n) is 3.83. The van der Waals surface area contributed by atoms with Crippen LogP contribution in [-0.4, -0.2) is 48.7 Å². The molecule has 0 spiro atoms. The molecule has 106 valence electrons. The molecule has 0 radical (unpaired) electrons. The number of carbonyl (C=O) groups excluding carboxylic acids is 1. The Morgan fingerprint density at radius 2 is 2.06 bits per heavy atom. The molecular weight excluding hydrogens is 228 g/mol. The molecule has 0 heterocycles. The lowest BCUT2D eigenvalue weighted by Gasteiger charge is -2.22. The molecule has 0 saturated heterocycles. The summed E-state index contributed by atoms with van der Waals surface area (Å²) in [4.78, 5) is 13.6. The van der Waals surface area contributed by atoms with Gasteiger partial charge in [0.05, 0.1) is 13.2 Å². The van der Waals surface area contributed by atoms with Gasteiger partial charge in [0.2, 0.25) is 5.91 Å². The third kappa shape index (κ3) is 6.36. The van der Waals surface area contributed by atoms with Crippen molar-refractivity contribution >= 4 is 5.91 Å². The lowest BCUT2D eigenvalue weighted by atomic mass is 9.87. The van der Waals surface area contributed by atoms with Crippen molar-refractivity contribution in [3.05, 3.63) is 0 Å². The van der Waals surface area contributed by atoms with Crippen LogP contribution in [0.1, 0.15) is 45.4 Å². The smallest absolute Gasteiger partial charge is 0.234 e. The average molecular weight is 256 g/mol. The summed E-state index contributed by atoms with van der Waals surface area (Å²) in [6.07, 6.45) is 7.90. The van der Waals surface area contributed by atoms with Gasteiger partial charge in [-0.3, -0.25) is 9.69 Å². The molecule has 1 aliphatic rings. The lowest BCUT2D eigenvalue weighted by molar-refractivity contribution is -0.122. The second-order valence-electron chi connectivity index (χ2n) is 5.24. The van der Waals surface area contributed by atoms with Crippen LogP contribution in [0.4, 0.5) is 0 Å². The minimum atomic E-state index is 0.0844. The minimum Gasteiger partial charge on any atom is -0.395 e. The zero-order valence-electron chi connectivity index (χ0n) is 11.7. The van der Waals surface area contributed by atoms with Gasteiger partial charge in [0.1, 0.15) is 0 Å². The Morgan fingerprint density at radius 3 is 2.67 bits per heavy atom. The van der Waals surface area contributed by atoms with Crippen LogP contribution in [0.2, 0.25) is 0 Å². The number of carbonyl (C=O) groups is 1. The fourth-order valence-corrected chi connectivity index (χ4v) is 2.64. The average Bonchev–Trinajstić information content (AvgIpc) is 2.39. The topological polar surface area (TPSA) is 52.6 Å². The molecule has 1 aliphatic carbocycles. The predicted molar refractivity (Wildman–Crippen MR) is 73.4 cm³/mol. The number of amides is 1. The SMILES string of the molecule is CCN(CCO)CC(=O)NCCC1CCCCC1. The normalized spacial score (nSPS) is 17.1. The first-order chi connectivity index (χ1) is 8.76. The molecule has 1 rings (SSSR count). The van der Waals surface area contributed by atoms with Crippen LogP contribution >= 0.6 is 0 Å². The maximum atomic E-state index is 11.7. The number of likely N-dealkylation sites (N-methyl/N-ethyl adjacent to an activating group) is 1. The van der Waals surface area contributed by atoms with E-state index in [1.165, 1.54) is 32.1 Å². The molecule has 0 aromatic rings.